The van der Waals surface area contributed by atoms with Crippen molar-refractivity contribution in [1.29, 1.82) is 0 Å². The molecule has 0 spiro atoms. The van der Waals surface area contributed by atoms with E-state index in [-0.39, 0.29) is 51.4 Å². The Labute approximate surface area is 132 Å². The van der Waals surface area contributed by atoms with E-state index < -0.39 is 0 Å². The Bertz CT molecular complexity index is 544. The minimum Gasteiger partial charge on any atom is -0.0616 e. The van der Waals surface area contributed by atoms with Gasteiger partial charge in [-0.3, -0.25) is 0 Å². The van der Waals surface area contributed by atoms with Gasteiger partial charge in [-0.25, -0.2) is 0 Å². The first kappa shape index (κ1) is 11.3. The van der Waals surface area contributed by atoms with Crippen LogP contribution in [0.4, 0.5) is 0 Å². The van der Waals surface area contributed by atoms with Gasteiger partial charge in [0, 0.05) is 51.4 Å². The molecule has 0 bridgehead atoms. The molecule has 0 heterocycles. The van der Waals surface area contributed by atoms with Crippen molar-refractivity contribution in [2.45, 2.75) is 0 Å². The summed E-state index contributed by atoms with van der Waals surface area (Å²) in [4.78, 5) is 0. The summed E-state index contributed by atoms with van der Waals surface area (Å²) >= 11 is 0. The number of rotatable bonds is 0. The Morgan fingerprint density at radius 3 is 1.33 bits per heavy atom. The summed E-state index contributed by atoms with van der Waals surface area (Å²) in [7, 11) is 0. The van der Waals surface area contributed by atoms with Crippen LogP contribution in [0.5, 0.6) is 0 Å². The fourth-order valence-corrected chi connectivity index (χ4v) is 1.95. The molecule has 0 fully saturated rings. The topological polar surface area (TPSA) is 0 Å². The largest absolute Gasteiger partial charge is 0.0616 e. The van der Waals surface area contributed by atoms with Gasteiger partial charge in [0.2, 0.25) is 0 Å². The van der Waals surface area contributed by atoms with Gasteiger partial charge in [0.1, 0.15) is 0 Å². The van der Waals surface area contributed by atoms with Gasteiger partial charge in [0.15, 0.2) is 0 Å². The summed E-state index contributed by atoms with van der Waals surface area (Å²) in [6, 6.07) is 21.4. The van der Waals surface area contributed by atoms with Crippen LogP contribution in [0.3, 0.4) is 0 Å². The molecule has 0 saturated heterocycles. The van der Waals surface area contributed by atoms with Crippen LogP contribution in [0.1, 0.15) is 0 Å². The Hall–Kier alpha value is -0.184. The predicted octanol–water partition coefficient (Wildman–Crippen LogP) is 3.61. The van der Waals surface area contributed by atoms with E-state index in [1.807, 2.05) is 0 Å². The van der Waals surface area contributed by atoms with E-state index in [4.69, 9.17) is 0 Å². The molecule has 1 heteroatoms. The van der Waals surface area contributed by atoms with Crippen molar-refractivity contribution in [3.63, 3.8) is 0 Å². The molecule has 0 aliphatic rings. The molecule has 1 radical (unpaired) electrons. The van der Waals surface area contributed by atoms with Gasteiger partial charge in [-0.1, -0.05) is 60.7 Å². The normalized spacial score (nSPS) is 10.1. The molecular weight excluding hydrogens is 207 g/mol. The summed E-state index contributed by atoms with van der Waals surface area (Å²) in [5, 5.41) is 5.30. The van der Waals surface area contributed by atoms with Crippen molar-refractivity contribution in [1.82, 2.24) is 0 Å². The minimum absolute atomic E-state index is 0. The molecule has 0 N–H and O–H groups in total. The van der Waals surface area contributed by atoms with E-state index >= 15 is 0 Å². The fraction of sp³-hybridized carbons (Fsp3) is 0. The van der Waals surface area contributed by atoms with Crippen molar-refractivity contribution in [3.05, 3.63) is 60.7 Å². The Morgan fingerprint density at radius 2 is 0.867 bits per heavy atom. The molecule has 0 nitrogen and oxygen atoms in total. The van der Waals surface area contributed by atoms with Crippen molar-refractivity contribution in [3.8, 4) is 0 Å². The van der Waals surface area contributed by atoms with Gasteiger partial charge in [-0.05, 0) is 21.5 Å². The third-order valence-electron chi connectivity index (χ3n) is 2.65. The zero-order chi connectivity index (χ0) is 9.38. The van der Waals surface area contributed by atoms with Crippen molar-refractivity contribution in [2.75, 3.05) is 0 Å². The van der Waals surface area contributed by atoms with Crippen LogP contribution in [0.2, 0.25) is 0 Å². The Balaban J connectivity index is 0.000000853. The molecule has 0 unspecified atom stereocenters. The summed E-state index contributed by atoms with van der Waals surface area (Å²) in [5.74, 6) is 0. The second-order valence-corrected chi connectivity index (χ2v) is 3.51. The molecule has 3 rings (SSSR count). The third kappa shape index (κ3) is 2.03. The molecule has 0 aromatic heterocycles. The van der Waals surface area contributed by atoms with Gasteiger partial charge >= 0.3 is 0 Å². The molecule has 67 valence electrons. The predicted molar refractivity (Wildman–Crippen MR) is 67.2 cm³/mol. The molecule has 0 saturated carbocycles. The molecule has 0 aliphatic heterocycles. The van der Waals surface area contributed by atoms with Crippen molar-refractivity contribution >= 4 is 72.9 Å². The second kappa shape index (κ2) is 4.77. The van der Waals surface area contributed by atoms with Gasteiger partial charge in [-0.15, -0.1) is 0 Å². The maximum atomic E-state index is 2.18. The SMILES string of the molecule is [K].c1ccc2c(c1)ccc1ccccc12. The van der Waals surface area contributed by atoms with E-state index in [2.05, 4.69) is 60.7 Å². The summed E-state index contributed by atoms with van der Waals surface area (Å²) < 4.78 is 0. The molecular formula is C14H10K. The Kier molecular flexibility index (Phi) is 3.59. The molecule has 0 atom stereocenters. The third-order valence-corrected chi connectivity index (χ3v) is 2.65. The first-order chi connectivity index (χ1) is 6.95. The van der Waals surface area contributed by atoms with Crippen LogP contribution in [0, 0.1) is 0 Å². The van der Waals surface area contributed by atoms with E-state index in [0.29, 0.717) is 0 Å². The van der Waals surface area contributed by atoms with Gasteiger partial charge in [-0.2, -0.15) is 0 Å². The van der Waals surface area contributed by atoms with Crippen LogP contribution in [0.15, 0.2) is 60.7 Å². The first-order valence-electron chi connectivity index (χ1n) is 4.82. The van der Waals surface area contributed by atoms with Crippen molar-refractivity contribution in [2.24, 2.45) is 0 Å². The van der Waals surface area contributed by atoms with Crippen LogP contribution in [-0.2, 0) is 0 Å². The van der Waals surface area contributed by atoms with E-state index in [0.717, 1.165) is 0 Å². The van der Waals surface area contributed by atoms with Crippen LogP contribution in [0.25, 0.3) is 21.5 Å². The van der Waals surface area contributed by atoms with Crippen LogP contribution < -0.4 is 0 Å². The summed E-state index contributed by atoms with van der Waals surface area (Å²) in [6.07, 6.45) is 0. The zero-order valence-corrected chi connectivity index (χ0v) is 11.9. The zero-order valence-electron chi connectivity index (χ0n) is 8.77. The Morgan fingerprint density at radius 1 is 0.467 bits per heavy atom. The maximum Gasteiger partial charge on any atom is 0 e. The maximum absolute atomic E-state index is 2.18. The van der Waals surface area contributed by atoms with Gasteiger partial charge in [0.05, 0.1) is 0 Å². The number of hydrogen-bond donors (Lipinski definition) is 0. The average Bonchev–Trinajstić information content (AvgIpc) is 2.29. The smallest absolute Gasteiger partial charge is 0 e. The summed E-state index contributed by atoms with van der Waals surface area (Å²) in [5.41, 5.74) is 0. The molecule has 3 aromatic carbocycles. The molecule has 15 heavy (non-hydrogen) atoms. The van der Waals surface area contributed by atoms with Crippen molar-refractivity contribution < 1.29 is 0 Å². The summed E-state index contributed by atoms with van der Waals surface area (Å²) in [6.45, 7) is 0. The molecule has 0 aliphatic carbocycles. The molecule has 3 aromatic rings. The molecule has 0 amide bonds. The fourth-order valence-electron chi connectivity index (χ4n) is 1.95. The van der Waals surface area contributed by atoms with E-state index in [1.165, 1.54) is 21.5 Å². The quantitative estimate of drug-likeness (QED) is 0.398. The standard InChI is InChI=1S/C14H10.K/c1-3-7-13-11(5-1)9-10-12-6-2-4-8-14(12)13;/h1-10H;. The minimum atomic E-state index is 0. The monoisotopic (exact) mass is 217 g/mol. The first-order valence-corrected chi connectivity index (χ1v) is 4.82. The second-order valence-electron chi connectivity index (χ2n) is 3.51. The van der Waals surface area contributed by atoms with Crippen LogP contribution >= 0.6 is 0 Å². The van der Waals surface area contributed by atoms with E-state index in [1.54, 1.807) is 0 Å². The number of hydrogen-bond acceptors (Lipinski definition) is 0. The van der Waals surface area contributed by atoms with Gasteiger partial charge in [0.25, 0.3) is 0 Å². The average molecular weight is 217 g/mol. The van der Waals surface area contributed by atoms with Crippen LogP contribution in [-0.4, -0.2) is 51.4 Å². The number of fused-ring (bicyclic) bond motifs is 3. The van der Waals surface area contributed by atoms with E-state index in [9.17, 15) is 0 Å². The number of benzene rings is 3. The van der Waals surface area contributed by atoms with Gasteiger partial charge < -0.3 is 0 Å².